The Kier molecular flexibility index (Phi) is 4.71. The fourth-order valence-electron chi connectivity index (χ4n) is 3.24. The van der Waals surface area contributed by atoms with Crippen LogP contribution in [0.25, 0.3) is 0 Å². The number of carbonyl (C=O) groups is 1. The Labute approximate surface area is 139 Å². The molecule has 2 saturated heterocycles. The number of benzene rings is 1. The van der Waals surface area contributed by atoms with Gasteiger partial charge in [0.2, 0.25) is 5.91 Å². The molecule has 2 heterocycles. The van der Waals surface area contributed by atoms with Crippen LogP contribution in [0.15, 0.2) is 24.3 Å². The molecule has 0 aliphatic carbocycles. The van der Waals surface area contributed by atoms with E-state index in [2.05, 4.69) is 17.0 Å². The largest absolute Gasteiger partial charge is 0.394 e. The summed E-state index contributed by atoms with van der Waals surface area (Å²) in [4.78, 5) is 17.8. The van der Waals surface area contributed by atoms with Crippen molar-refractivity contribution >= 4 is 11.6 Å². The second kappa shape index (κ2) is 6.63. The molecule has 24 heavy (non-hydrogen) atoms. The van der Waals surface area contributed by atoms with Crippen LogP contribution in [0, 0.1) is 12.8 Å². The number of likely N-dealkylation sites (tertiary alicyclic amines) is 1. The predicted molar refractivity (Wildman–Crippen MR) is 86.0 cm³/mol. The van der Waals surface area contributed by atoms with Crippen molar-refractivity contribution in [2.45, 2.75) is 13.1 Å². The smallest absolute Gasteiger partial charge is 0.368 e. The van der Waals surface area contributed by atoms with E-state index in [9.17, 15) is 18.0 Å². The first kappa shape index (κ1) is 17.1. The van der Waals surface area contributed by atoms with E-state index in [1.54, 1.807) is 9.80 Å². The Morgan fingerprint density at radius 2 is 1.83 bits per heavy atom. The van der Waals surface area contributed by atoms with E-state index in [4.69, 9.17) is 0 Å². The number of hydrogen-bond donors (Lipinski definition) is 0. The van der Waals surface area contributed by atoms with Crippen molar-refractivity contribution in [1.82, 2.24) is 9.80 Å². The number of anilines is 1. The molecule has 2 fully saturated rings. The van der Waals surface area contributed by atoms with E-state index in [0.29, 0.717) is 13.1 Å². The van der Waals surface area contributed by atoms with Gasteiger partial charge in [-0.25, -0.2) is 0 Å². The summed E-state index contributed by atoms with van der Waals surface area (Å²) in [6.07, 6.45) is -4.14. The maximum absolute atomic E-state index is 12.5. The lowest BCUT2D eigenvalue weighted by Gasteiger charge is -2.41. The van der Waals surface area contributed by atoms with Gasteiger partial charge in [-0.05, 0) is 24.6 Å². The molecule has 0 bridgehead atoms. The molecule has 0 radical (unpaired) electrons. The number of alkyl halides is 3. The number of rotatable bonds is 3. The van der Waals surface area contributed by atoms with Crippen LogP contribution in [0.2, 0.25) is 0 Å². The third kappa shape index (κ3) is 3.83. The summed E-state index contributed by atoms with van der Waals surface area (Å²) in [5.41, 5.74) is 2.35. The van der Waals surface area contributed by atoms with Gasteiger partial charge in [0, 0.05) is 45.0 Å². The summed E-state index contributed by atoms with van der Waals surface area (Å²) in [7, 11) is 0. The van der Waals surface area contributed by atoms with E-state index in [0.717, 1.165) is 18.8 Å². The highest BCUT2D eigenvalue weighted by atomic mass is 19.4. The lowest BCUT2D eigenvalue weighted by molar-refractivity contribution is -0.209. The first-order chi connectivity index (χ1) is 11.3. The fourth-order valence-corrected chi connectivity index (χ4v) is 3.24. The van der Waals surface area contributed by atoms with Crippen molar-refractivity contribution in [3.8, 4) is 0 Å². The van der Waals surface area contributed by atoms with Gasteiger partial charge in [-0.2, -0.15) is 13.2 Å². The van der Waals surface area contributed by atoms with Gasteiger partial charge in [0.1, 0.15) is 0 Å². The lowest BCUT2D eigenvalue weighted by Crippen LogP contribution is -2.57. The fraction of sp³-hybridized carbons (Fsp3) is 0.588. The molecule has 0 spiro atoms. The summed E-state index contributed by atoms with van der Waals surface area (Å²) in [5, 5.41) is 0. The van der Waals surface area contributed by atoms with Crippen LogP contribution in [-0.4, -0.2) is 67.7 Å². The quantitative estimate of drug-likeness (QED) is 0.843. The summed E-state index contributed by atoms with van der Waals surface area (Å²) in [6, 6.07) is 8.24. The van der Waals surface area contributed by atoms with Crippen molar-refractivity contribution in [1.29, 1.82) is 0 Å². The number of piperazine rings is 1. The predicted octanol–water partition coefficient (Wildman–Crippen LogP) is 2.14. The van der Waals surface area contributed by atoms with Gasteiger partial charge in [0.15, 0.2) is 0 Å². The van der Waals surface area contributed by atoms with Crippen LogP contribution in [0.4, 0.5) is 18.9 Å². The zero-order valence-electron chi connectivity index (χ0n) is 13.7. The van der Waals surface area contributed by atoms with Gasteiger partial charge in [0.25, 0.3) is 0 Å². The van der Waals surface area contributed by atoms with Crippen molar-refractivity contribution < 1.29 is 18.0 Å². The van der Waals surface area contributed by atoms with Crippen molar-refractivity contribution in [3.63, 3.8) is 0 Å². The molecule has 3 rings (SSSR count). The van der Waals surface area contributed by atoms with Crippen LogP contribution >= 0.6 is 0 Å². The minimum Gasteiger partial charge on any atom is -0.368 e. The third-order valence-electron chi connectivity index (χ3n) is 4.78. The molecule has 2 aliphatic heterocycles. The van der Waals surface area contributed by atoms with Gasteiger partial charge in [-0.15, -0.1) is 0 Å². The molecule has 0 N–H and O–H groups in total. The van der Waals surface area contributed by atoms with E-state index in [1.807, 2.05) is 19.1 Å². The first-order valence-electron chi connectivity index (χ1n) is 8.21. The average Bonchev–Trinajstić information content (AvgIpc) is 2.49. The summed E-state index contributed by atoms with van der Waals surface area (Å²) < 4.78 is 37.4. The molecule has 0 saturated carbocycles. The van der Waals surface area contributed by atoms with Crippen LogP contribution in [0.1, 0.15) is 5.56 Å². The van der Waals surface area contributed by atoms with Gasteiger partial charge in [0.05, 0.1) is 12.5 Å². The van der Waals surface area contributed by atoms with Crippen LogP contribution in [0.3, 0.4) is 0 Å². The number of carbonyl (C=O) groups excluding carboxylic acids is 1. The maximum atomic E-state index is 12.5. The Morgan fingerprint density at radius 1 is 1.17 bits per heavy atom. The van der Waals surface area contributed by atoms with Crippen molar-refractivity contribution in [2.75, 3.05) is 50.7 Å². The first-order valence-corrected chi connectivity index (χ1v) is 8.21. The summed E-state index contributed by atoms with van der Waals surface area (Å²) >= 11 is 0. The topological polar surface area (TPSA) is 26.8 Å². The highest BCUT2D eigenvalue weighted by Gasteiger charge is 2.47. The van der Waals surface area contributed by atoms with Gasteiger partial charge in [-0.1, -0.05) is 12.1 Å². The molecule has 1 aromatic rings. The van der Waals surface area contributed by atoms with Crippen molar-refractivity contribution in [2.24, 2.45) is 5.92 Å². The molecule has 2 aliphatic rings. The molecule has 0 aromatic heterocycles. The number of halogens is 3. The minimum atomic E-state index is -4.14. The molecule has 0 unspecified atom stereocenters. The molecule has 4 nitrogen and oxygen atoms in total. The Balaban J connectivity index is 1.44. The molecule has 0 atom stereocenters. The second-order valence-corrected chi connectivity index (χ2v) is 6.64. The monoisotopic (exact) mass is 341 g/mol. The third-order valence-corrected chi connectivity index (χ3v) is 4.78. The van der Waals surface area contributed by atoms with E-state index >= 15 is 0 Å². The highest BCUT2D eigenvalue weighted by Crippen LogP contribution is 2.33. The molecular formula is C17H22F3N3O. The number of nitrogens with zero attached hydrogens (tertiary/aromatic N) is 3. The summed E-state index contributed by atoms with van der Waals surface area (Å²) in [6.45, 7) is 4.76. The zero-order chi connectivity index (χ0) is 17.3. The SMILES string of the molecule is Cc1cccc(N2CCN(C(=O)CN3CC(C(F)(F)F)C3)CC2)c1. The number of amides is 1. The molecule has 7 heteroatoms. The Morgan fingerprint density at radius 3 is 2.42 bits per heavy atom. The van der Waals surface area contributed by atoms with E-state index in [-0.39, 0.29) is 25.5 Å². The normalized spacial score (nSPS) is 20.2. The van der Waals surface area contributed by atoms with Crippen LogP contribution in [-0.2, 0) is 4.79 Å². The second-order valence-electron chi connectivity index (χ2n) is 6.64. The van der Waals surface area contributed by atoms with Crippen LogP contribution < -0.4 is 4.90 Å². The minimum absolute atomic E-state index is 0.0570. The number of aryl methyl sites for hydroxylation is 1. The summed E-state index contributed by atoms with van der Waals surface area (Å²) in [5.74, 6) is -1.34. The van der Waals surface area contributed by atoms with Gasteiger partial charge >= 0.3 is 6.18 Å². The standard InChI is InChI=1S/C17H22F3N3O/c1-13-3-2-4-15(9-13)22-5-7-23(8-6-22)16(24)12-21-10-14(11-21)17(18,19)20/h2-4,9,14H,5-8,10-12H2,1H3. The van der Waals surface area contributed by atoms with Gasteiger partial charge in [-0.3, -0.25) is 9.69 Å². The van der Waals surface area contributed by atoms with Crippen LogP contribution in [0.5, 0.6) is 0 Å². The van der Waals surface area contributed by atoms with E-state index in [1.165, 1.54) is 5.56 Å². The Bertz CT molecular complexity index is 591. The Hall–Kier alpha value is -1.76. The molecule has 1 amide bonds. The maximum Gasteiger partial charge on any atom is 0.394 e. The van der Waals surface area contributed by atoms with Gasteiger partial charge < -0.3 is 9.80 Å². The highest BCUT2D eigenvalue weighted by molar-refractivity contribution is 5.78. The lowest BCUT2D eigenvalue weighted by atomic mass is 10.00. The molecule has 1 aromatic carbocycles. The number of hydrogen-bond acceptors (Lipinski definition) is 3. The zero-order valence-corrected chi connectivity index (χ0v) is 13.7. The van der Waals surface area contributed by atoms with E-state index < -0.39 is 12.1 Å². The molecular weight excluding hydrogens is 319 g/mol. The average molecular weight is 341 g/mol. The molecule has 132 valence electrons. The van der Waals surface area contributed by atoms with Crippen molar-refractivity contribution in [3.05, 3.63) is 29.8 Å².